The van der Waals surface area contributed by atoms with E-state index in [1.165, 1.54) is 17.0 Å². The lowest BCUT2D eigenvalue weighted by Crippen LogP contribution is -2.40. The molecule has 1 aliphatic rings. The lowest BCUT2D eigenvalue weighted by atomic mass is 9.89. The Labute approximate surface area is 160 Å². The van der Waals surface area contributed by atoms with Crippen molar-refractivity contribution in [3.63, 3.8) is 0 Å². The summed E-state index contributed by atoms with van der Waals surface area (Å²) in [6.07, 6.45) is 2.35. The number of likely N-dealkylation sites (tertiary alicyclic amines) is 1. The van der Waals surface area contributed by atoms with Gasteiger partial charge in [0.15, 0.2) is 5.03 Å². The number of aromatic amines is 1. The van der Waals surface area contributed by atoms with Crippen LogP contribution in [-0.2, 0) is 10.0 Å². The number of carbonyl (C=O) groups is 1. The molecule has 1 fully saturated rings. The number of H-pyrrole nitrogens is 1. The summed E-state index contributed by atoms with van der Waals surface area (Å²) in [5, 5.41) is 3.72. The van der Waals surface area contributed by atoms with E-state index in [1.807, 2.05) is 0 Å². The van der Waals surface area contributed by atoms with Gasteiger partial charge in [0.1, 0.15) is 16.4 Å². The zero-order valence-corrected chi connectivity index (χ0v) is 15.7. The molecule has 1 amide bonds. The van der Waals surface area contributed by atoms with E-state index in [0.717, 1.165) is 11.8 Å². The lowest BCUT2D eigenvalue weighted by Gasteiger charge is -2.32. The summed E-state index contributed by atoms with van der Waals surface area (Å²) >= 11 is 5.78. The minimum absolute atomic E-state index is 0.196. The smallest absolute Gasteiger partial charge is 0.259 e. The molecule has 0 bridgehead atoms. The van der Waals surface area contributed by atoms with E-state index in [4.69, 9.17) is 16.7 Å². The standard InChI is InChI=1S/C17H17ClFN3O4S/c18-14-15(23)13(9-21-16(14)27(20,25)26)17(24)22-7-5-11(6-8-22)10-1-3-12(19)4-2-10/h1-4,9,11H,5-8H2,(H,21,23)(H2,20,25,26). The number of carbonyl (C=O) groups excluding carboxylic acids is 1. The molecule has 0 saturated carbocycles. The zero-order chi connectivity index (χ0) is 19.8. The van der Waals surface area contributed by atoms with Crippen LogP contribution in [0.4, 0.5) is 4.39 Å². The van der Waals surface area contributed by atoms with Gasteiger partial charge >= 0.3 is 0 Å². The number of primary sulfonamides is 1. The highest BCUT2D eigenvalue weighted by atomic mass is 35.5. The largest absolute Gasteiger partial charge is 0.349 e. The van der Waals surface area contributed by atoms with Crippen molar-refractivity contribution in [3.05, 3.63) is 62.7 Å². The topological polar surface area (TPSA) is 113 Å². The van der Waals surface area contributed by atoms with Crippen molar-refractivity contribution in [1.82, 2.24) is 9.88 Å². The molecular formula is C17H17ClFN3O4S. The Kier molecular flexibility index (Phi) is 5.36. The molecule has 3 N–H and O–H groups in total. The minimum atomic E-state index is -4.20. The number of halogens is 2. The van der Waals surface area contributed by atoms with Crippen molar-refractivity contribution in [2.75, 3.05) is 13.1 Å². The van der Waals surface area contributed by atoms with E-state index in [-0.39, 0.29) is 17.3 Å². The van der Waals surface area contributed by atoms with E-state index >= 15 is 0 Å². The number of rotatable bonds is 3. The molecule has 144 valence electrons. The third kappa shape index (κ3) is 4.05. The number of hydrogen-bond donors (Lipinski definition) is 2. The molecule has 0 spiro atoms. The number of hydrogen-bond acceptors (Lipinski definition) is 4. The lowest BCUT2D eigenvalue weighted by molar-refractivity contribution is 0.0711. The summed E-state index contributed by atoms with van der Waals surface area (Å²) in [7, 11) is -4.20. The second kappa shape index (κ2) is 7.41. The number of aromatic nitrogens is 1. The second-order valence-electron chi connectivity index (χ2n) is 6.34. The third-order valence-electron chi connectivity index (χ3n) is 4.63. The first-order chi connectivity index (χ1) is 12.7. The Morgan fingerprint density at radius 1 is 1.22 bits per heavy atom. The summed E-state index contributed by atoms with van der Waals surface area (Å²) in [4.78, 5) is 28.8. The van der Waals surface area contributed by atoms with Gasteiger partial charge in [0.25, 0.3) is 15.9 Å². The van der Waals surface area contributed by atoms with E-state index in [1.54, 1.807) is 12.1 Å². The van der Waals surface area contributed by atoms with Crippen LogP contribution < -0.4 is 10.6 Å². The number of sulfonamides is 1. The second-order valence-corrected chi connectivity index (χ2v) is 8.21. The number of amides is 1. The molecule has 0 radical (unpaired) electrons. The van der Waals surface area contributed by atoms with Crippen LogP contribution in [0, 0.1) is 5.82 Å². The van der Waals surface area contributed by atoms with Crippen molar-refractivity contribution in [2.45, 2.75) is 23.8 Å². The average molecular weight is 414 g/mol. The number of nitrogens with one attached hydrogen (secondary N) is 1. The van der Waals surface area contributed by atoms with Gasteiger partial charge in [-0.2, -0.15) is 0 Å². The number of piperidine rings is 1. The Hall–Kier alpha value is -2.23. The van der Waals surface area contributed by atoms with Crippen LogP contribution in [-0.4, -0.2) is 37.3 Å². The van der Waals surface area contributed by atoms with Gasteiger partial charge in [-0.05, 0) is 36.5 Å². The molecule has 27 heavy (non-hydrogen) atoms. The van der Waals surface area contributed by atoms with Crippen molar-refractivity contribution < 1.29 is 17.6 Å². The maximum atomic E-state index is 13.0. The zero-order valence-electron chi connectivity index (χ0n) is 14.1. The fourth-order valence-electron chi connectivity index (χ4n) is 3.18. The number of nitrogens with zero attached hydrogens (tertiary/aromatic N) is 1. The van der Waals surface area contributed by atoms with Gasteiger partial charge in [0.2, 0.25) is 5.43 Å². The molecule has 2 aromatic rings. The Morgan fingerprint density at radius 3 is 2.37 bits per heavy atom. The summed E-state index contributed by atoms with van der Waals surface area (Å²) < 4.78 is 35.8. The molecule has 1 aromatic heterocycles. The van der Waals surface area contributed by atoms with Crippen LogP contribution in [0.5, 0.6) is 0 Å². The first-order valence-electron chi connectivity index (χ1n) is 8.17. The van der Waals surface area contributed by atoms with Gasteiger partial charge in [0.05, 0.1) is 0 Å². The van der Waals surface area contributed by atoms with Crippen LogP contribution in [0.25, 0.3) is 0 Å². The van der Waals surface area contributed by atoms with Crippen LogP contribution in [0.1, 0.15) is 34.7 Å². The van der Waals surface area contributed by atoms with E-state index in [2.05, 4.69) is 4.98 Å². The monoisotopic (exact) mass is 413 g/mol. The van der Waals surface area contributed by atoms with Crippen molar-refractivity contribution in [3.8, 4) is 0 Å². The van der Waals surface area contributed by atoms with Gasteiger partial charge in [-0.25, -0.2) is 17.9 Å². The molecule has 1 saturated heterocycles. The van der Waals surface area contributed by atoms with Crippen LogP contribution >= 0.6 is 11.6 Å². The highest BCUT2D eigenvalue weighted by molar-refractivity contribution is 7.89. The molecule has 0 aliphatic carbocycles. The molecule has 10 heteroatoms. The Bertz CT molecular complexity index is 1030. The van der Waals surface area contributed by atoms with Crippen molar-refractivity contribution in [1.29, 1.82) is 0 Å². The number of benzene rings is 1. The summed E-state index contributed by atoms with van der Waals surface area (Å²) in [5.41, 5.74) is -0.125. The van der Waals surface area contributed by atoms with Gasteiger partial charge in [0, 0.05) is 19.3 Å². The van der Waals surface area contributed by atoms with Gasteiger partial charge < -0.3 is 9.88 Å². The normalized spacial score (nSPS) is 15.7. The van der Waals surface area contributed by atoms with Crippen molar-refractivity contribution in [2.24, 2.45) is 5.14 Å². The first-order valence-corrected chi connectivity index (χ1v) is 10.1. The van der Waals surface area contributed by atoms with Crippen LogP contribution in [0.15, 0.2) is 40.3 Å². The molecule has 0 atom stereocenters. The number of nitrogens with two attached hydrogens (primary N) is 1. The molecule has 3 rings (SSSR count). The summed E-state index contributed by atoms with van der Waals surface area (Å²) in [6.45, 7) is 0.823. The summed E-state index contributed by atoms with van der Waals surface area (Å²) in [5.74, 6) is -0.636. The van der Waals surface area contributed by atoms with E-state index in [9.17, 15) is 22.4 Å². The fourth-order valence-corrected chi connectivity index (χ4v) is 4.22. The minimum Gasteiger partial charge on any atom is -0.349 e. The van der Waals surface area contributed by atoms with E-state index in [0.29, 0.717) is 25.9 Å². The molecule has 7 nitrogen and oxygen atoms in total. The molecule has 2 heterocycles. The quantitative estimate of drug-likeness (QED) is 0.799. The Morgan fingerprint density at radius 2 is 1.81 bits per heavy atom. The van der Waals surface area contributed by atoms with Gasteiger partial charge in [-0.1, -0.05) is 23.7 Å². The molecule has 0 unspecified atom stereocenters. The first kappa shape index (κ1) is 19.5. The van der Waals surface area contributed by atoms with Gasteiger partial charge in [-0.3, -0.25) is 9.59 Å². The maximum Gasteiger partial charge on any atom is 0.259 e. The van der Waals surface area contributed by atoms with Crippen LogP contribution in [0.2, 0.25) is 5.02 Å². The summed E-state index contributed by atoms with van der Waals surface area (Å²) in [6, 6.07) is 6.27. The molecular weight excluding hydrogens is 397 g/mol. The van der Waals surface area contributed by atoms with Crippen LogP contribution in [0.3, 0.4) is 0 Å². The number of pyridine rings is 1. The maximum absolute atomic E-state index is 13.0. The molecule has 1 aliphatic heterocycles. The molecule has 1 aromatic carbocycles. The SMILES string of the molecule is NS(=O)(=O)c1[nH]cc(C(=O)N2CCC(c3ccc(F)cc3)CC2)c(=O)c1Cl. The van der Waals surface area contributed by atoms with Gasteiger partial charge in [-0.15, -0.1) is 0 Å². The predicted molar refractivity (Wildman–Crippen MR) is 97.7 cm³/mol. The third-order valence-corrected chi connectivity index (χ3v) is 5.99. The fraction of sp³-hybridized carbons (Fsp3) is 0.294. The highest BCUT2D eigenvalue weighted by Crippen LogP contribution is 2.28. The average Bonchev–Trinajstić information content (AvgIpc) is 2.63. The van der Waals surface area contributed by atoms with E-state index < -0.39 is 31.4 Å². The highest BCUT2D eigenvalue weighted by Gasteiger charge is 2.28. The predicted octanol–water partition coefficient (Wildman–Crippen LogP) is 1.83. The Balaban J connectivity index is 1.75. The van der Waals surface area contributed by atoms with Crippen molar-refractivity contribution >= 4 is 27.5 Å².